The van der Waals surface area contributed by atoms with Crippen LogP contribution in [0.3, 0.4) is 0 Å². The van der Waals surface area contributed by atoms with Gasteiger partial charge >= 0.3 is 0 Å². The number of carbonyl (C=O) groups is 1. The van der Waals surface area contributed by atoms with E-state index in [-0.39, 0.29) is 23.7 Å². The summed E-state index contributed by atoms with van der Waals surface area (Å²) in [6, 6.07) is 8.60. The first-order chi connectivity index (χ1) is 13.4. The molecule has 8 heteroatoms. The Morgan fingerprint density at radius 2 is 2.11 bits per heavy atom. The third-order valence-electron chi connectivity index (χ3n) is 4.83. The van der Waals surface area contributed by atoms with Crippen molar-refractivity contribution >= 4 is 34.8 Å². The lowest BCUT2D eigenvalue weighted by Crippen LogP contribution is -2.41. The number of hydrogen-bond acceptors (Lipinski definition) is 3. The van der Waals surface area contributed by atoms with Gasteiger partial charge in [-0.3, -0.25) is 4.79 Å². The number of guanidine groups is 1. The van der Waals surface area contributed by atoms with Crippen molar-refractivity contribution in [3.8, 4) is 0 Å². The van der Waals surface area contributed by atoms with Gasteiger partial charge in [-0.15, -0.1) is 11.3 Å². The van der Waals surface area contributed by atoms with E-state index in [0.29, 0.717) is 24.1 Å². The lowest BCUT2D eigenvalue weighted by atomic mass is 9.96. The lowest BCUT2D eigenvalue weighted by Gasteiger charge is -2.20. The van der Waals surface area contributed by atoms with Gasteiger partial charge in [0.15, 0.2) is 5.96 Å². The van der Waals surface area contributed by atoms with E-state index in [0.717, 1.165) is 18.4 Å². The molecule has 1 aliphatic rings. The van der Waals surface area contributed by atoms with Crippen LogP contribution in [0.1, 0.15) is 23.3 Å². The molecule has 0 aliphatic heterocycles. The van der Waals surface area contributed by atoms with E-state index in [4.69, 9.17) is 11.6 Å². The number of rotatable bonds is 7. The number of carbonyl (C=O) groups excluding carboxylic acids is 1. The molecule has 0 atom stereocenters. The highest BCUT2D eigenvalue weighted by Gasteiger charge is 2.45. The van der Waals surface area contributed by atoms with Crippen LogP contribution in [0.25, 0.3) is 0 Å². The highest BCUT2D eigenvalue weighted by Crippen LogP contribution is 2.50. The van der Waals surface area contributed by atoms with Gasteiger partial charge in [-0.1, -0.05) is 23.7 Å². The summed E-state index contributed by atoms with van der Waals surface area (Å²) in [5, 5.41) is 9.09. The van der Waals surface area contributed by atoms with Crippen LogP contribution >= 0.6 is 22.9 Å². The summed E-state index contributed by atoms with van der Waals surface area (Å²) in [6.45, 7) is 1.31. The molecule has 0 spiro atoms. The molecule has 3 rings (SSSR count). The van der Waals surface area contributed by atoms with Gasteiger partial charge in [-0.2, -0.15) is 0 Å². The van der Waals surface area contributed by atoms with Crippen LogP contribution in [0, 0.1) is 5.82 Å². The van der Waals surface area contributed by atoms with Gasteiger partial charge in [0.2, 0.25) is 5.91 Å². The number of halogens is 2. The summed E-state index contributed by atoms with van der Waals surface area (Å²) in [5.41, 5.74) is 0.826. The van der Waals surface area contributed by atoms with Crippen molar-refractivity contribution in [3.05, 3.63) is 57.0 Å². The molecule has 1 aromatic heterocycles. The first-order valence-corrected chi connectivity index (χ1v) is 10.4. The maximum Gasteiger partial charge on any atom is 0.243 e. The number of amides is 1. The molecule has 0 bridgehead atoms. The van der Waals surface area contributed by atoms with Crippen LogP contribution in [0.15, 0.2) is 40.7 Å². The average Bonchev–Trinajstić information content (AvgIpc) is 3.24. The molecule has 0 unspecified atom stereocenters. The largest absolute Gasteiger partial charge is 0.355 e. The number of likely N-dealkylation sites (N-methyl/N-ethyl adjacent to an activating group) is 1. The Morgan fingerprint density at radius 3 is 2.71 bits per heavy atom. The van der Waals surface area contributed by atoms with Crippen LogP contribution in [0.4, 0.5) is 4.39 Å². The van der Waals surface area contributed by atoms with Crippen LogP contribution in [-0.2, 0) is 16.8 Å². The van der Waals surface area contributed by atoms with Crippen LogP contribution < -0.4 is 10.6 Å². The maximum absolute atomic E-state index is 13.4. The molecule has 1 amide bonds. The van der Waals surface area contributed by atoms with Gasteiger partial charge in [0, 0.05) is 36.0 Å². The Balaban J connectivity index is 1.67. The molecular weight excluding hydrogens is 399 g/mol. The molecule has 1 aromatic carbocycles. The Labute approximate surface area is 173 Å². The smallest absolute Gasteiger partial charge is 0.243 e. The summed E-state index contributed by atoms with van der Waals surface area (Å²) in [5.74, 6) is 0.174. The van der Waals surface area contributed by atoms with Crippen LogP contribution in [-0.4, -0.2) is 44.0 Å². The molecular formula is C20H24ClFN4OS. The van der Waals surface area contributed by atoms with Crippen molar-refractivity contribution in [3.63, 3.8) is 0 Å². The molecule has 0 saturated heterocycles. The topological polar surface area (TPSA) is 56.7 Å². The summed E-state index contributed by atoms with van der Waals surface area (Å²) >= 11 is 7.93. The minimum Gasteiger partial charge on any atom is -0.355 e. The molecule has 1 fully saturated rings. The molecule has 2 aromatic rings. The standard InChI is InChI=1S/C20H24ClFN4OS/c1-26(2)18(27)12-24-19(23-11-15-4-3-9-28-15)25-13-20(7-8-20)16-6-5-14(22)10-17(16)21/h3-6,9-10H,7-8,11-13H2,1-2H3,(H2,23,24,25). The number of nitrogens with one attached hydrogen (secondary N) is 2. The molecule has 28 heavy (non-hydrogen) atoms. The predicted molar refractivity (Wildman–Crippen MR) is 112 cm³/mol. The van der Waals surface area contributed by atoms with Crippen LogP contribution in [0.5, 0.6) is 0 Å². The second kappa shape index (κ2) is 8.92. The first-order valence-electron chi connectivity index (χ1n) is 9.10. The van der Waals surface area contributed by atoms with Gasteiger partial charge in [0.25, 0.3) is 0 Å². The van der Waals surface area contributed by atoms with E-state index in [2.05, 4.69) is 15.6 Å². The van der Waals surface area contributed by atoms with Gasteiger partial charge in [0.1, 0.15) is 12.4 Å². The normalized spacial score (nSPS) is 15.2. The zero-order chi connectivity index (χ0) is 20.1. The van der Waals surface area contributed by atoms with E-state index in [9.17, 15) is 9.18 Å². The van der Waals surface area contributed by atoms with E-state index in [1.165, 1.54) is 21.9 Å². The molecule has 150 valence electrons. The van der Waals surface area contributed by atoms with Crippen molar-refractivity contribution in [2.45, 2.75) is 24.8 Å². The number of hydrogen-bond donors (Lipinski definition) is 2. The van der Waals surface area contributed by atoms with Crippen molar-refractivity contribution in [2.24, 2.45) is 4.99 Å². The molecule has 2 N–H and O–H groups in total. The Bertz CT molecular complexity index is 850. The van der Waals surface area contributed by atoms with E-state index >= 15 is 0 Å². The average molecular weight is 423 g/mol. The van der Waals surface area contributed by atoms with Crippen LogP contribution in [0.2, 0.25) is 5.02 Å². The highest BCUT2D eigenvalue weighted by atomic mass is 35.5. The summed E-state index contributed by atoms with van der Waals surface area (Å²) in [6.07, 6.45) is 1.94. The van der Waals surface area contributed by atoms with Gasteiger partial charge < -0.3 is 15.5 Å². The summed E-state index contributed by atoms with van der Waals surface area (Å²) in [7, 11) is 3.42. The zero-order valence-corrected chi connectivity index (χ0v) is 17.5. The van der Waals surface area contributed by atoms with E-state index in [1.54, 1.807) is 31.5 Å². The SMILES string of the molecule is CN(C)C(=O)CN=C(NCc1cccs1)NCC1(c2ccc(F)cc2Cl)CC1. The Hall–Kier alpha value is -2.12. The first kappa shape index (κ1) is 20.6. The highest BCUT2D eigenvalue weighted by molar-refractivity contribution is 7.09. The number of thiophene rings is 1. The monoisotopic (exact) mass is 422 g/mol. The molecule has 1 heterocycles. The number of aliphatic imine (C=N–C) groups is 1. The van der Waals surface area contributed by atoms with E-state index < -0.39 is 0 Å². The van der Waals surface area contributed by atoms with Gasteiger partial charge in [0.05, 0.1) is 6.54 Å². The number of nitrogens with zero attached hydrogens (tertiary/aromatic N) is 2. The van der Waals surface area contributed by atoms with Crippen molar-refractivity contribution < 1.29 is 9.18 Å². The third-order valence-corrected chi connectivity index (χ3v) is 6.02. The van der Waals surface area contributed by atoms with Gasteiger partial charge in [-0.05, 0) is 42.0 Å². The second-order valence-corrected chi connectivity index (χ2v) is 8.58. The zero-order valence-electron chi connectivity index (χ0n) is 16.0. The van der Waals surface area contributed by atoms with Crippen molar-refractivity contribution in [1.29, 1.82) is 0 Å². The van der Waals surface area contributed by atoms with Crippen molar-refractivity contribution in [2.75, 3.05) is 27.2 Å². The maximum atomic E-state index is 13.4. The fourth-order valence-corrected chi connectivity index (χ4v) is 3.92. The fourth-order valence-electron chi connectivity index (χ4n) is 2.91. The van der Waals surface area contributed by atoms with Crippen molar-refractivity contribution in [1.82, 2.24) is 15.5 Å². The molecule has 1 saturated carbocycles. The molecule has 1 aliphatic carbocycles. The predicted octanol–water partition coefficient (Wildman–Crippen LogP) is 3.40. The quantitative estimate of drug-likeness (QED) is 0.531. The molecule has 0 radical (unpaired) electrons. The Morgan fingerprint density at radius 1 is 1.32 bits per heavy atom. The minimum atomic E-state index is -0.334. The number of benzene rings is 1. The Kier molecular flexibility index (Phi) is 6.57. The lowest BCUT2D eigenvalue weighted by molar-refractivity contribution is -0.127. The minimum absolute atomic E-state index is 0.0665. The van der Waals surface area contributed by atoms with E-state index in [1.807, 2.05) is 17.5 Å². The second-order valence-electron chi connectivity index (χ2n) is 7.14. The fraction of sp³-hybridized carbons (Fsp3) is 0.400. The summed E-state index contributed by atoms with van der Waals surface area (Å²) < 4.78 is 13.4. The summed E-state index contributed by atoms with van der Waals surface area (Å²) in [4.78, 5) is 19.0. The molecule has 5 nitrogen and oxygen atoms in total. The van der Waals surface area contributed by atoms with Gasteiger partial charge in [-0.25, -0.2) is 9.38 Å². The third kappa shape index (κ3) is 5.23.